The number of benzene rings is 5. The van der Waals surface area contributed by atoms with Gasteiger partial charge >= 0.3 is 0 Å². The van der Waals surface area contributed by atoms with Crippen molar-refractivity contribution in [3.8, 4) is 45.0 Å². The molecule has 2 aliphatic rings. The van der Waals surface area contributed by atoms with Crippen LogP contribution in [-0.2, 0) is 5.41 Å². The van der Waals surface area contributed by atoms with Gasteiger partial charge < -0.3 is 4.42 Å². The summed E-state index contributed by atoms with van der Waals surface area (Å²) in [6.45, 7) is 7.96. The summed E-state index contributed by atoms with van der Waals surface area (Å²) in [4.78, 5) is 15.2. The summed E-state index contributed by atoms with van der Waals surface area (Å²) in [5.74, 6) is 1.88. The SMILES string of the molecule is C=C/C=C(\C=C)c1nc(-c2ccccc2)nc(-c2cccc3c2-c2ccc(-c4cccc5oc6ccccc6c45)cc2C32CCCCC2)n1. The molecule has 236 valence electrons. The van der Waals surface area contributed by atoms with E-state index in [-0.39, 0.29) is 5.41 Å². The lowest BCUT2D eigenvalue weighted by molar-refractivity contribution is 0.353. The fourth-order valence-corrected chi connectivity index (χ4v) is 8.31. The largest absolute Gasteiger partial charge is 0.456 e. The van der Waals surface area contributed by atoms with Crippen molar-refractivity contribution in [2.75, 3.05) is 0 Å². The number of rotatable bonds is 6. The van der Waals surface area contributed by atoms with E-state index in [2.05, 4.69) is 86.0 Å². The molecule has 7 aromatic rings. The van der Waals surface area contributed by atoms with E-state index in [9.17, 15) is 0 Å². The van der Waals surface area contributed by atoms with Crippen molar-refractivity contribution in [3.05, 3.63) is 158 Å². The van der Waals surface area contributed by atoms with E-state index in [1.165, 1.54) is 58.0 Å². The van der Waals surface area contributed by atoms with E-state index in [0.29, 0.717) is 17.5 Å². The Labute approximate surface area is 286 Å². The highest BCUT2D eigenvalue weighted by atomic mass is 16.3. The van der Waals surface area contributed by atoms with Crippen LogP contribution in [0.15, 0.2) is 145 Å². The van der Waals surface area contributed by atoms with Crippen LogP contribution in [0.4, 0.5) is 0 Å². The Kier molecular flexibility index (Phi) is 6.98. The van der Waals surface area contributed by atoms with Gasteiger partial charge in [-0.05, 0) is 64.4 Å². The van der Waals surface area contributed by atoms with Gasteiger partial charge in [0.25, 0.3) is 0 Å². The van der Waals surface area contributed by atoms with Crippen LogP contribution in [0, 0.1) is 0 Å². The average molecular weight is 634 g/mol. The van der Waals surface area contributed by atoms with Crippen molar-refractivity contribution in [1.29, 1.82) is 0 Å². The zero-order valence-corrected chi connectivity index (χ0v) is 27.3. The molecule has 49 heavy (non-hydrogen) atoms. The van der Waals surface area contributed by atoms with Gasteiger partial charge in [0.1, 0.15) is 11.2 Å². The van der Waals surface area contributed by atoms with Gasteiger partial charge in [-0.25, -0.2) is 15.0 Å². The molecule has 0 amide bonds. The van der Waals surface area contributed by atoms with Crippen LogP contribution in [-0.4, -0.2) is 15.0 Å². The van der Waals surface area contributed by atoms with E-state index in [1.54, 1.807) is 12.2 Å². The predicted molar refractivity (Wildman–Crippen MR) is 201 cm³/mol. The van der Waals surface area contributed by atoms with Crippen LogP contribution in [0.25, 0.3) is 72.5 Å². The molecule has 0 unspecified atom stereocenters. The quantitative estimate of drug-likeness (QED) is 0.171. The van der Waals surface area contributed by atoms with E-state index < -0.39 is 0 Å². The highest BCUT2D eigenvalue weighted by Gasteiger charge is 2.45. The summed E-state index contributed by atoms with van der Waals surface area (Å²) in [5.41, 5.74) is 12.3. The van der Waals surface area contributed by atoms with E-state index in [0.717, 1.165) is 46.1 Å². The maximum absolute atomic E-state index is 6.29. The summed E-state index contributed by atoms with van der Waals surface area (Å²) in [7, 11) is 0. The Balaban J connectivity index is 1.28. The van der Waals surface area contributed by atoms with Crippen molar-refractivity contribution >= 4 is 27.5 Å². The molecule has 2 aromatic heterocycles. The smallest absolute Gasteiger partial charge is 0.164 e. The molecule has 1 saturated carbocycles. The lowest BCUT2D eigenvalue weighted by Crippen LogP contribution is -2.28. The highest BCUT2D eigenvalue weighted by Crippen LogP contribution is 2.58. The van der Waals surface area contributed by atoms with Crippen LogP contribution in [0.5, 0.6) is 0 Å². The average Bonchev–Trinajstić information content (AvgIpc) is 3.67. The Morgan fingerprint density at radius 1 is 0.633 bits per heavy atom. The molecular formula is C45H35N3O. The molecule has 0 atom stereocenters. The number of para-hydroxylation sites is 1. The zero-order chi connectivity index (χ0) is 33.0. The van der Waals surface area contributed by atoms with E-state index in [4.69, 9.17) is 19.4 Å². The molecule has 9 rings (SSSR count). The first-order valence-electron chi connectivity index (χ1n) is 17.1. The van der Waals surface area contributed by atoms with Crippen molar-refractivity contribution in [1.82, 2.24) is 15.0 Å². The fourth-order valence-electron chi connectivity index (χ4n) is 8.31. The summed E-state index contributed by atoms with van der Waals surface area (Å²) in [6, 6.07) is 38.7. The first-order chi connectivity index (χ1) is 24.2. The number of nitrogens with zero attached hydrogens (tertiary/aromatic N) is 3. The molecular weight excluding hydrogens is 599 g/mol. The highest BCUT2D eigenvalue weighted by molar-refractivity contribution is 6.12. The minimum Gasteiger partial charge on any atom is -0.456 e. The summed E-state index contributed by atoms with van der Waals surface area (Å²) < 4.78 is 6.29. The Hall–Kier alpha value is -5.87. The molecule has 1 spiro atoms. The molecule has 4 heteroatoms. The second kappa shape index (κ2) is 11.7. The third-order valence-electron chi connectivity index (χ3n) is 10.5. The minimum absolute atomic E-state index is 0.0611. The van der Waals surface area contributed by atoms with Crippen LogP contribution in [0.1, 0.15) is 49.1 Å². The fraction of sp³-hybridized carbons (Fsp3) is 0.133. The standard InChI is InChI=1S/C45H35N3O/c1-3-15-29(4-2)42-46-43(30-16-7-5-8-17-30)48-44(47-42)35-20-13-21-36-40(35)33-25-24-31(28-37(33)45(36)26-11-6-12-27-45)32-19-14-23-39-41(32)34-18-9-10-22-38(34)49-39/h3-5,7-10,13-25,28H,1-2,6,11-12,26-27H2/b29-15+. The lowest BCUT2D eigenvalue weighted by atomic mass is 9.67. The number of hydrogen-bond donors (Lipinski definition) is 0. The van der Waals surface area contributed by atoms with Gasteiger partial charge in [0.15, 0.2) is 17.5 Å². The molecule has 1 fully saturated rings. The zero-order valence-electron chi connectivity index (χ0n) is 27.3. The van der Waals surface area contributed by atoms with Gasteiger partial charge in [0, 0.05) is 32.9 Å². The summed E-state index contributed by atoms with van der Waals surface area (Å²) >= 11 is 0. The van der Waals surface area contributed by atoms with Crippen LogP contribution in [0.2, 0.25) is 0 Å². The Morgan fingerprint density at radius 3 is 2.22 bits per heavy atom. The Bertz CT molecular complexity index is 2460. The summed E-state index contributed by atoms with van der Waals surface area (Å²) in [6.07, 6.45) is 11.4. The first kappa shape index (κ1) is 29.3. The lowest BCUT2D eigenvalue weighted by Gasteiger charge is -2.36. The van der Waals surface area contributed by atoms with Crippen molar-refractivity contribution in [3.63, 3.8) is 0 Å². The Morgan fingerprint density at radius 2 is 1.39 bits per heavy atom. The van der Waals surface area contributed by atoms with E-state index in [1.807, 2.05) is 42.5 Å². The molecule has 2 aliphatic carbocycles. The maximum Gasteiger partial charge on any atom is 0.164 e. The van der Waals surface area contributed by atoms with Crippen molar-refractivity contribution in [2.45, 2.75) is 37.5 Å². The van der Waals surface area contributed by atoms with Crippen LogP contribution >= 0.6 is 0 Å². The van der Waals surface area contributed by atoms with Gasteiger partial charge in [0.2, 0.25) is 0 Å². The molecule has 0 bridgehead atoms. The third-order valence-corrected chi connectivity index (χ3v) is 10.5. The molecule has 0 saturated heterocycles. The van der Waals surface area contributed by atoms with Crippen molar-refractivity contribution < 1.29 is 4.42 Å². The second-order valence-electron chi connectivity index (χ2n) is 13.1. The molecule has 0 aliphatic heterocycles. The molecule has 0 radical (unpaired) electrons. The first-order valence-corrected chi connectivity index (χ1v) is 17.1. The van der Waals surface area contributed by atoms with Gasteiger partial charge in [-0.15, -0.1) is 0 Å². The topological polar surface area (TPSA) is 51.8 Å². The monoisotopic (exact) mass is 633 g/mol. The molecule has 5 aromatic carbocycles. The van der Waals surface area contributed by atoms with E-state index >= 15 is 0 Å². The van der Waals surface area contributed by atoms with Gasteiger partial charge in [-0.2, -0.15) is 0 Å². The van der Waals surface area contributed by atoms with Gasteiger partial charge in [-0.3, -0.25) is 0 Å². The molecule has 0 N–H and O–H groups in total. The minimum atomic E-state index is -0.0611. The number of fused-ring (bicyclic) bond motifs is 8. The second-order valence-corrected chi connectivity index (χ2v) is 13.1. The molecule has 2 heterocycles. The number of allylic oxidation sites excluding steroid dienone is 4. The summed E-state index contributed by atoms with van der Waals surface area (Å²) in [5, 5.41) is 2.32. The maximum atomic E-state index is 6.29. The molecule has 4 nitrogen and oxygen atoms in total. The van der Waals surface area contributed by atoms with Crippen molar-refractivity contribution in [2.24, 2.45) is 0 Å². The normalized spacial score (nSPS) is 15.0. The number of aromatic nitrogens is 3. The van der Waals surface area contributed by atoms with Crippen LogP contribution in [0.3, 0.4) is 0 Å². The number of hydrogen-bond acceptors (Lipinski definition) is 4. The van der Waals surface area contributed by atoms with Gasteiger partial charge in [-0.1, -0.05) is 142 Å². The van der Waals surface area contributed by atoms with Crippen LogP contribution < -0.4 is 0 Å². The predicted octanol–water partition coefficient (Wildman–Crippen LogP) is 11.8. The third kappa shape index (κ3) is 4.62. The van der Waals surface area contributed by atoms with Gasteiger partial charge in [0.05, 0.1) is 0 Å². The number of furan rings is 1.